The van der Waals surface area contributed by atoms with Crippen LogP contribution in [0.5, 0.6) is 0 Å². The Balaban J connectivity index is 0. The highest BCUT2D eigenvalue weighted by Crippen LogP contribution is 1.31. The normalized spacial score (nSPS) is 6.14. The van der Waals surface area contributed by atoms with Gasteiger partial charge in [-0.25, -0.2) is 0 Å². The third kappa shape index (κ3) is 26.6. The standard InChI is InChI=1S/CH4N2OS.H2O2/c2-1(5)3-4;1-2/h3H2,(H2,2,5);1-2H. The highest BCUT2D eigenvalue weighted by atomic mass is 32.1. The Morgan fingerprint density at radius 3 is 1.86 bits per heavy atom. The van der Waals surface area contributed by atoms with Gasteiger partial charge in [0.1, 0.15) is 0 Å². The van der Waals surface area contributed by atoms with Gasteiger partial charge < -0.3 is 16.4 Å². The van der Waals surface area contributed by atoms with Crippen LogP contribution in [0.25, 0.3) is 0 Å². The van der Waals surface area contributed by atoms with Gasteiger partial charge in [0.05, 0.1) is 0 Å². The molecule has 0 aromatic rings. The van der Waals surface area contributed by atoms with Crippen molar-refractivity contribution in [1.29, 1.82) is 0 Å². The molecule has 6 N–H and O–H groups in total. The zero-order valence-corrected chi connectivity index (χ0v) is 4.18. The summed E-state index contributed by atoms with van der Waals surface area (Å²) in [6.45, 7) is 0. The molecule has 0 saturated carbocycles. The lowest BCUT2D eigenvalue weighted by molar-refractivity contribution is -0.460. The number of hydroxylamine groups is 1. The summed E-state index contributed by atoms with van der Waals surface area (Å²) in [5.41, 5.74) is 5.08. The number of quaternary nitrogens is 1. The Kier molecular flexibility index (Phi) is 13.0. The molecule has 7 heavy (non-hydrogen) atoms. The molecule has 0 fully saturated rings. The zero-order chi connectivity index (χ0) is 6.28. The van der Waals surface area contributed by atoms with Crippen LogP contribution in [0.4, 0.5) is 0 Å². The van der Waals surface area contributed by atoms with Gasteiger partial charge in [-0.2, -0.15) is 0 Å². The first kappa shape index (κ1) is 9.88. The summed E-state index contributed by atoms with van der Waals surface area (Å²) in [7, 11) is 0. The molecule has 0 spiro atoms. The van der Waals surface area contributed by atoms with Gasteiger partial charge in [0, 0.05) is 12.2 Å². The number of rotatable bonds is 0. The lowest BCUT2D eigenvalue weighted by Gasteiger charge is -1.90. The van der Waals surface area contributed by atoms with Gasteiger partial charge in [-0.05, 0) is 0 Å². The van der Waals surface area contributed by atoms with E-state index in [2.05, 4.69) is 18.0 Å². The molecule has 0 aliphatic carbocycles. The molecule has 0 aliphatic heterocycles. The van der Waals surface area contributed by atoms with E-state index in [9.17, 15) is 5.21 Å². The van der Waals surface area contributed by atoms with E-state index in [1.807, 2.05) is 0 Å². The van der Waals surface area contributed by atoms with E-state index in [-0.39, 0.29) is 5.11 Å². The van der Waals surface area contributed by atoms with Crippen molar-refractivity contribution in [1.82, 2.24) is 0 Å². The first-order valence-electron chi connectivity index (χ1n) is 1.22. The zero-order valence-electron chi connectivity index (χ0n) is 3.37. The molecule has 0 rings (SSSR count). The SMILES string of the molecule is NC(=S)[NH2+][O-].OO. The van der Waals surface area contributed by atoms with Crippen molar-refractivity contribution in [3.05, 3.63) is 5.21 Å². The summed E-state index contributed by atoms with van der Waals surface area (Å²) in [5, 5.41) is 21.1. The van der Waals surface area contributed by atoms with Gasteiger partial charge in [0.25, 0.3) is 5.11 Å². The number of hydrogen-bond acceptors (Lipinski definition) is 4. The molecule has 0 aromatic heterocycles. The van der Waals surface area contributed by atoms with Crippen LogP contribution in [0, 0.1) is 5.21 Å². The predicted molar refractivity (Wildman–Crippen MR) is 27.3 cm³/mol. The lowest BCUT2D eigenvalue weighted by atomic mass is 11.2. The predicted octanol–water partition coefficient (Wildman–Crippen LogP) is -1.69. The van der Waals surface area contributed by atoms with Crippen molar-refractivity contribution >= 4 is 17.3 Å². The molecule has 0 saturated heterocycles. The van der Waals surface area contributed by atoms with Gasteiger partial charge in [-0.15, -0.1) is 0 Å². The Hall–Kier alpha value is -0.270. The summed E-state index contributed by atoms with van der Waals surface area (Å²) >= 11 is 4.11. The van der Waals surface area contributed by atoms with E-state index in [0.717, 1.165) is 0 Å². The Morgan fingerprint density at radius 1 is 1.71 bits per heavy atom. The fourth-order valence-corrected chi connectivity index (χ4v) is 0. The molecule has 0 radical (unpaired) electrons. The Bertz CT molecular complexity index is 48.2. The smallest absolute Gasteiger partial charge is 0.263 e. The minimum Gasteiger partial charge on any atom is -0.629 e. The van der Waals surface area contributed by atoms with Crippen LogP contribution in [0.3, 0.4) is 0 Å². The van der Waals surface area contributed by atoms with Crippen molar-refractivity contribution < 1.29 is 16.0 Å². The lowest BCUT2D eigenvalue weighted by Crippen LogP contribution is -2.83. The van der Waals surface area contributed by atoms with Crippen molar-refractivity contribution in [3.63, 3.8) is 0 Å². The largest absolute Gasteiger partial charge is 0.629 e. The molecule has 44 valence electrons. The third-order valence-electron chi connectivity index (χ3n) is 0.116. The van der Waals surface area contributed by atoms with Crippen molar-refractivity contribution in [2.75, 3.05) is 0 Å². The maximum Gasteiger partial charge on any atom is 0.263 e. The molecule has 0 aliphatic rings. The highest BCUT2D eigenvalue weighted by molar-refractivity contribution is 7.79. The summed E-state index contributed by atoms with van der Waals surface area (Å²) < 4.78 is 0. The second kappa shape index (κ2) is 9.21. The molecule has 0 unspecified atom stereocenters. The molecular weight excluding hydrogens is 120 g/mol. The maximum atomic E-state index is 9.24. The molecule has 0 bridgehead atoms. The fourth-order valence-electron chi connectivity index (χ4n) is 0. The summed E-state index contributed by atoms with van der Waals surface area (Å²) in [6.07, 6.45) is 0. The summed E-state index contributed by atoms with van der Waals surface area (Å²) in [4.78, 5) is 0. The van der Waals surface area contributed by atoms with Gasteiger partial charge in [-0.3, -0.25) is 10.5 Å². The monoisotopic (exact) mass is 126 g/mol. The minimum atomic E-state index is -0.0926. The maximum absolute atomic E-state index is 9.24. The van der Waals surface area contributed by atoms with E-state index >= 15 is 0 Å². The van der Waals surface area contributed by atoms with Crippen LogP contribution < -0.4 is 11.2 Å². The topological polar surface area (TPSA) is 106 Å². The Morgan fingerprint density at radius 2 is 1.86 bits per heavy atom. The molecule has 0 atom stereocenters. The minimum absolute atomic E-state index is 0.0926. The number of nitrogens with two attached hydrogens (primary N) is 2. The van der Waals surface area contributed by atoms with Gasteiger partial charge in [0.15, 0.2) is 0 Å². The molecule has 0 amide bonds. The van der Waals surface area contributed by atoms with Crippen LogP contribution in [-0.4, -0.2) is 15.6 Å². The first-order chi connectivity index (χ1) is 3.27. The van der Waals surface area contributed by atoms with Gasteiger partial charge >= 0.3 is 0 Å². The quantitative estimate of drug-likeness (QED) is 0.176. The van der Waals surface area contributed by atoms with Crippen LogP contribution in [0.1, 0.15) is 0 Å². The van der Waals surface area contributed by atoms with Crippen LogP contribution in [-0.2, 0) is 0 Å². The van der Waals surface area contributed by atoms with Crippen LogP contribution in [0.2, 0.25) is 0 Å². The summed E-state index contributed by atoms with van der Waals surface area (Å²) in [5.74, 6) is 0. The van der Waals surface area contributed by atoms with E-state index in [4.69, 9.17) is 10.5 Å². The van der Waals surface area contributed by atoms with E-state index in [1.165, 1.54) is 0 Å². The number of hydrogen-bond donors (Lipinski definition) is 4. The average molecular weight is 126 g/mol. The fraction of sp³-hybridized carbons (Fsp3) is 0. The van der Waals surface area contributed by atoms with Crippen LogP contribution in [0.15, 0.2) is 0 Å². The average Bonchev–Trinajstić information content (AvgIpc) is 1.73. The molecule has 5 nitrogen and oxygen atoms in total. The van der Waals surface area contributed by atoms with Crippen LogP contribution >= 0.6 is 12.2 Å². The molecule has 6 heteroatoms. The van der Waals surface area contributed by atoms with E-state index in [0.29, 0.717) is 5.48 Å². The van der Waals surface area contributed by atoms with Crippen molar-refractivity contribution in [2.45, 2.75) is 0 Å². The second-order valence-electron chi connectivity index (χ2n) is 0.520. The van der Waals surface area contributed by atoms with E-state index < -0.39 is 0 Å². The Labute approximate surface area is 45.3 Å². The van der Waals surface area contributed by atoms with Crippen molar-refractivity contribution in [3.8, 4) is 0 Å². The molecule has 0 aromatic carbocycles. The van der Waals surface area contributed by atoms with Gasteiger partial charge in [-0.1, -0.05) is 0 Å². The second-order valence-corrected chi connectivity index (χ2v) is 0.992. The highest BCUT2D eigenvalue weighted by Gasteiger charge is 1.69. The van der Waals surface area contributed by atoms with Gasteiger partial charge in [0.2, 0.25) is 0 Å². The summed E-state index contributed by atoms with van der Waals surface area (Å²) in [6, 6.07) is 0. The molecular formula is CH6N2O3S. The molecule has 0 heterocycles. The van der Waals surface area contributed by atoms with Crippen molar-refractivity contribution in [2.24, 2.45) is 5.73 Å². The first-order valence-corrected chi connectivity index (χ1v) is 1.63. The number of thiocarbonyl (C=S) groups is 1. The third-order valence-corrected chi connectivity index (χ3v) is 0.212. The van der Waals surface area contributed by atoms with E-state index in [1.54, 1.807) is 0 Å².